The SMILES string of the molecule is CCCC(C)(O)Nc1ccc(C#N)cc1N. The highest BCUT2D eigenvalue weighted by atomic mass is 16.3. The Balaban J connectivity index is 2.86. The van der Waals surface area contributed by atoms with Crippen LogP contribution in [-0.4, -0.2) is 10.8 Å². The molecular formula is C12H17N3O. The summed E-state index contributed by atoms with van der Waals surface area (Å²) in [6.07, 6.45) is 1.50. The highest BCUT2D eigenvalue weighted by Gasteiger charge is 2.19. The Hall–Kier alpha value is -1.73. The lowest BCUT2D eigenvalue weighted by Gasteiger charge is -2.26. The van der Waals surface area contributed by atoms with Crippen LogP contribution >= 0.6 is 0 Å². The fraction of sp³-hybridized carbons (Fsp3) is 0.417. The standard InChI is InChI=1S/C12H17N3O/c1-3-6-12(2,16)15-11-5-4-9(8-13)7-10(11)14/h4-5,7,15-16H,3,6,14H2,1-2H3. The fourth-order valence-corrected chi connectivity index (χ4v) is 1.59. The lowest BCUT2D eigenvalue weighted by Crippen LogP contribution is -2.34. The molecule has 1 aromatic rings. The average Bonchev–Trinajstić information content (AvgIpc) is 2.20. The molecule has 0 saturated carbocycles. The number of nitrogen functional groups attached to an aromatic ring is 1. The summed E-state index contributed by atoms with van der Waals surface area (Å²) in [7, 11) is 0. The van der Waals surface area contributed by atoms with Crippen molar-refractivity contribution in [1.29, 1.82) is 5.26 Å². The molecule has 0 aliphatic carbocycles. The van der Waals surface area contributed by atoms with Gasteiger partial charge in [-0.25, -0.2) is 0 Å². The molecule has 0 saturated heterocycles. The maximum atomic E-state index is 9.99. The molecule has 1 unspecified atom stereocenters. The van der Waals surface area contributed by atoms with Gasteiger partial charge in [0.15, 0.2) is 0 Å². The summed E-state index contributed by atoms with van der Waals surface area (Å²) < 4.78 is 0. The van der Waals surface area contributed by atoms with Crippen molar-refractivity contribution < 1.29 is 5.11 Å². The van der Waals surface area contributed by atoms with Gasteiger partial charge in [0.1, 0.15) is 5.72 Å². The molecule has 1 aromatic carbocycles. The summed E-state index contributed by atoms with van der Waals surface area (Å²) in [5.74, 6) is 0. The first kappa shape index (κ1) is 12.3. The number of hydrogen-bond acceptors (Lipinski definition) is 4. The van der Waals surface area contributed by atoms with Crippen LogP contribution < -0.4 is 11.1 Å². The maximum absolute atomic E-state index is 9.99. The minimum absolute atomic E-state index is 0.468. The van der Waals surface area contributed by atoms with E-state index >= 15 is 0 Å². The van der Waals surface area contributed by atoms with Crippen molar-refractivity contribution in [3.05, 3.63) is 23.8 Å². The van der Waals surface area contributed by atoms with Crippen LogP contribution in [0, 0.1) is 11.3 Å². The monoisotopic (exact) mass is 219 g/mol. The molecule has 0 radical (unpaired) electrons. The van der Waals surface area contributed by atoms with E-state index < -0.39 is 5.72 Å². The van der Waals surface area contributed by atoms with Crippen LogP contribution in [-0.2, 0) is 0 Å². The normalized spacial score (nSPS) is 13.9. The van der Waals surface area contributed by atoms with Crippen molar-refractivity contribution in [2.75, 3.05) is 11.1 Å². The Morgan fingerprint density at radius 3 is 2.75 bits per heavy atom. The second kappa shape index (κ2) is 4.86. The summed E-state index contributed by atoms with van der Waals surface area (Å²) in [6, 6.07) is 6.97. The van der Waals surface area contributed by atoms with Gasteiger partial charge in [-0.3, -0.25) is 0 Å². The van der Waals surface area contributed by atoms with Crippen LogP contribution in [0.4, 0.5) is 11.4 Å². The Kier molecular flexibility index (Phi) is 3.75. The van der Waals surface area contributed by atoms with Gasteiger partial charge in [0.25, 0.3) is 0 Å². The smallest absolute Gasteiger partial charge is 0.132 e. The molecule has 86 valence electrons. The molecular weight excluding hydrogens is 202 g/mol. The van der Waals surface area contributed by atoms with Crippen LogP contribution in [0.1, 0.15) is 32.3 Å². The average molecular weight is 219 g/mol. The number of aliphatic hydroxyl groups is 1. The van der Waals surface area contributed by atoms with Crippen LogP contribution in [0.2, 0.25) is 0 Å². The second-order valence-corrected chi connectivity index (χ2v) is 4.06. The van der Waals surface area contributed by atoms with Crippen molar-refractivity contribution in [3.63, 3.8) is 0 Å². The van der Waals surface area contributed by atoms with Crippen LogP contribution in [0.25, 0.3) is 0 Å². The predicted octanol–water partition coefficient (Wildman–Crippen LogP) is 2.06. The largest absolute Gasteiger partial charge is 0.397 e. The van der Waals surface area contributed by atoms with E-state index in [2.05, 4.69) is 5.32 Å². The molecule has 0 fully saturated rings. The number of hydrogen-bond donors (Lipinski definition) is 3. The van der Waals surface area contributed by atoms with E-state index in [-0.39, 0.29) is 0 Å². The Labute approximate surface area is 95.7 Å². The molecule has 4 heteroatoms. The number of benzene rings is 1. The molecule has 0 aliphatic rings. The molecule has 4 nitrogen and oxygen atoms in total. The molecule has 4 N–H and O–H groups in total. The predicted molar refractivity (Wildman–Crippen MR) is 64.7 cm³/mol. The van der Waals surface area contributed by atoms with Crippen molar-refractivity contribution in [2.24, 2.45) is 0 Å². The second-order valence-electron chi connectivity index (χ2n) is 4.06. The van der Waals surface area contributed by atoms with Gasteiger partial charge >= 0.3 is 0 Å². The van der Waals surface area contributed by atoms with Crippen LogP contribution in [0.5, 0.6) is 0 Å². The summed E-state index contributed by atoms with van der Waals surface area (Å²) >= 11 is 0. The third kappa shape index (κ3) is 3.14. The van der Waals surface area contributed by atoms with E-state index in [4.69, 9.17) is 11.0 Å². The van der Waals surface area contributed by atoms with Crippen molar-refractivity contribution >= 4 is 11.4 Å². The van der Waals surface area contributed by atoms with E-state index in [1.807, 2.05) is 13.0 Å². The highest BCUT2D eigenvalue weighted by Crippen LogP contribution is 2.24. The van der Waals surface area contributed by atoms with Gasteiger partial charge in [0.05, 0.1) is 23.0 Å². The summed E-state index contributed by atoms with van der Waals surface area (Å²) in [4.78, 5) is 0. The molecule has 0 aliphatic heterocycles. The molecule has 0 heterocycles. The molecule has 0 aromatic heterocycles. The first-order valence-electron chi connectivity index (χ1n) is 5.28. The number of nitrogens with two attached hydrogens (primary N) is 1. The summed E-state index contributed by atoms with van der Waals surface area (Å²) in [5.41, 5.74) is 6.43. The maximum Gasteiger partial charge on any atom is 0.132 e. The minimum atomic E-state index is -0.975. The quantitative estimate of drug-likeness (QED) is 0.534. The third-order valence-electron chi connectivity index (χ3n) is 2.32. The van der Waals surface area contributed by atoms with Gasteiger partial charge in [0.2, 0.25) is 0 Å². The lowest BCUT2D eigenvalue weighted by atomic mass is 10.1. The van der Waals surface area contributed by atoms with E-state index in [0.29, 0.717) is 23.4 Å². The van der Waals surface area contributed by atoms with Crippen LogP contribution in [0.15, 0.2) is 18.2 Å². The van der Waals surface area contributed by atoms with E-state index in [1.54, 1.807) is 25.1 Å². The topological polar surface area (TPSA) is 82.1 Å². The molecule has 1 atom stereocenters. The van der Waals surface area contributed by atoms with Crippen molar-refractivity contribution in [3.8, 4) is 6.07 Å². The van der Waals surface area contributed by atoms with E-state index in [9.17, 15) is 5.11 Å². The van der Waals surface area contributed by atoms with Gasteiger partial charge in [-0.05, 0) is 31.5 Å². The first-order chi connectivity index (χ1) is 7.48. The fourth-order valence-electron chi connectivity index (χ4n) is 1.59. The van der Waals surface area contributed by atoms with Gasteiger partial charge in [0, 0.05) is 0 Å². The minimum Gasteiger partial charge on any atom is -0.397 e. The van der Waals surface area contributed by atoms with E-state index in [1.165, 1.54) is 0 Å². The number of anilines is 2. The molecule has 16 heavy (non-hydrogen) atoms. The van der Waals surface area contributed by atoms with Gasteiger partial charge in [-0.1, -0.05) is 13.3 Å². The van der Waals surface area contributed by atoms with Crippen molar-refractivity contribution in [2.45, 2.75) is 32.4 Å². The number of rotatable bonds is 4. The molecule has 1 rings (SSSR count). The van der Waals surface area contributed by atoms with E-state index in [0.717, 1.165) is 6.42 Å². The van der Waals surface area contributed by atoms with Gasteiger partial charge in [-0.2, -0.15) is 5.26 Å². The Morgan fingerprint density at radius 2 is 2.25 bits per heavy atom. The zero-order chi connectivity index (χ0) is 12.2. The Morgan fingerprint density at radius 1 is 1.56 bits per heavy atom. The van der Waals surface area contributed by atoms with Gasteiger partial charge < -0.3 is 16.2 Å². The van der Waals surface area contributed by atoms with Crippen molar-refractivity contribution in [1.82, 2.24) is 0 Å². The lowest BCUT2D eigenvalue weighted by molar-refractivity contribution is 0.0800. The number of nitrogens with one attached hydrogen (secondary N) is 1. The number of nitrogens with zero attached hydrogens (tertiary/aromatic N) is 1. The molecule has 0 amide bonds. The zero-order valence-electron chi connectivity index (χ0n) is 9.62. The van der Waals surface area contributed by atoms with Crippen LogP contribution in [0.3, 0.4) is 0 Å². The third-order valence-corrected chi connectivity index (χ3v) is 2.32. The molecule has 0 spiro atoms. The first-order valence-corrected chi connectivity index (χ1v) is 5.28. The summed E-state index contributed by atoms with van der Waals surface area (Å²) in [6.45, 7) is 3.70. The summed E-state index contributed by atoms with van der Waals surface area (Å²) in [5, 5.41) is 21.6. The highest BCUT2D eigenvalue weighted by molar-refractivity contribution is 5.68. The van der Waals surface area contributed by atoms with Gasteiger partial charge in [-0.15, -0.1) is 0 Å². The zero-order valence-corrected chi connectivity index (χ0v) is 9.62. The molecule has 0 bridgehead atoms. The Bertz CT molecular complexity index is 407. The number of nitriles is 1.